The van der Waals surface area contributed by atoms with Gasteiger partial charge in [-0.1, -0.05) is 42.2 Å². The zero-order valence-electron chi connectivity index (χ0n) is 15.5. The number of nitrogens with one attached hydrogen (secondary N) is 2. The highest BCUT2D eigenvalue weighted by Gasteiger charge is 2.22. The second-order valence-corrected chi connectivity index (χ2v) is 10.2. The number of benzene rings is 2. The van der Waals surface area contributed by atoms with Gasteiger partial charge < -0.3 is 5.32 Å². The lowest BCUT2D eigenvalue weighted by Gasteiger charge is -2.19. The van der Waals surface area contributed by atoms with Crippen molar-refractivity contribution in [3.63, 3.8) is 0 Å². The zero-order chi connectivity index (χ0) is 20.4. The van der Waals surface area contributed by atoms with E-state index in [1.807, 2.05) is 0 Å². The number of hydrogen-bond acceptors (Lipinski definition) is 5. The van der Waals surface area contributed by atoms with Gasteiger partial charge in [0.2, 0.25) is 5.91 Å². The molecule has 2 aromatic carbocycles. The average Bonchev–Trinajstić information content (AvgIpc) is 3.10. The molecule has 152 valence electrons. The normalized spacial score (nSPS) is 15.3. The van der Waals surface area contributed by atoms with Crippen LogP contribution in [0.4, 0.5) is 10.8 Å². The predicted molar refractivity (Wildman–Crippen MR) is 117 cm³/mol. The quantitative estimate of drug-likeness (QED) is 0.555. The molecular formula is C20H20ClN3O3S2. The van der Waals surface area contributed by atoms with E-state index in [0.717, 1.165) is 30.4 Å². The minimum absolute atomic E-state index is 0.0208. The lowest BCUT2D eigenvalue weighted by atomic mass is 9.89. The molecule has 9 heteroatoms. The molecule has 0 bridgehead atoms. The molecule has 0 unspecified atom stereocenters. The molecule has 0 spiro atoms. The summed E-state index contributed by atoms with van der Waals surface area (Å²) in [6, 6.07) is 11.1. The lowest BCUT2D eigenvalue weighted by molar-refractivity contribution is -0.120. The molecule has 29 heavy (non-hydrogen) atoms. The summed E-state index contributed by atoms with van der Waals surface area (Å²) in [7, 11) is -3.73. The van der Waals surface area contributed by atoms with Gasteiger partial charge in [-0.3, -0.25) is 9.52 Å². The van der Waals surface area contributed by atoms with Gasteiger partial charge in [-0.2, -0.15) is 0 Å². The third-order valence-electron chi connectivity index (χ3n) is 4.97. The Hall–Kier alpha value is -2.16. The van der Waals surface area contributed by atoms with E-state index in [1.54, 1.807) is 18.2 Å². The van der Waals surface area contributed by atoms with Crippen molar-refractivity contribution in [3.05, 3.63) is 47.5 Å². The first-order valence-electron chi connectivity index (χ1n) is 9.40. The number of rotatable bonds is 5. The molecular weight excluding hydrogens is 430 g/mol. The summed E-state index contributed by atoms with van der Waals surface area (Å²) in [5.74, 6) is 0.0740. The summed E-state index contributed by atoms with van der Waals surface area (Å²) in [4.78, 5) is 17.0. The number of sulfonamides is 1. The third kappa shape index (κ3) is 4.71. The Morgan fingerprint density at radius 2 is 1.79 bits per heavy atom. The predicted octanol–water partition coefficient (Wildman–Crippen LogP) is 5.27. The highest BCUT2D eigenvalue weighted by atomic mass is 35.5. The fourth-order valence-corrected chi connectivity index (χ4v) is 5.47. The summed E-state index contributed by atoms with van der Waals surface area (Å²) < 4.78 is 28.5. The van der Waals surface area contributed by atoms with Crippen molar-refractivity contribution in [2.24, 2.45) is 5.92 Å². The van der Waals surface area contributed by atoms with E-state index in [-0.39, 0.29) is 16.7 Å². The van der Waals surface area contributed by atoms with Crippen LogP contribution in [0.1, 0.15) is 32.1 Å². The van der Waals surface area contributed by atoms with Gasteiger partial charge in [0, 0.05) is 10.9 Å². The molecule has 1 amide bonds. The first-order chi connectivity index (χ1) is 13.9. The molecule has 3 aromatic rings. The van der Waals surface area contributed by atoms with Crippen molar-refractivity contribution in [2.45, 2.75) is 37.0 Å². The number of thiazole rings is 1. The van der Waals surface area contributed by atoms with E-state index in [0.29, 0.717) is 21.4 Å². The Bertz CT molecular complexity index is 1140. The smallest absolute Gasteiger partial charge is 0.261 e. The summed E-state index contributed by atoms with van der Waals surface area (Å²) in [5, 5.41) is 3.92. The van der Waals surface area contributed by atoms with Crippen molar-refractivity contribution in [1.29, 1.82) is 0 Å². The number of carbonyl (C=O) groups is 1. The van der Waals surface area contributed by atoms with Crippen LogP contribution in [0.3, 0.4) is 0 Å². The number of aromatic nitrogens is 1. The van der Waals surface area contributed by atoms with Gasteiger partial charge in [0.1, 0.15) is 0 Å². The Morgan fingerprint density at radius 1 is 1.07 bits per heavy atom. The first kappa shape index (κ1) is 20.1. The van der Waals surface area contributed by atoms with Crippen LogP contribution < -0.4 is 10.0 Å². The summed E-state index contributed by atoms with van der Waals surface area (Å²) >= 11 is 7.20. The molecule has 1 fully saturated rings. The van der Waals surface area contributed by atoms with E-state index in [1.165, 1.54) is 42.0 Å². The number of anilines is 2. The number of fused-ring (bicyclic) bond motifs is 1. The standard InChI is InChI=1S/C20H20ClN3O3S2/c21-14-6-9-16(10-7-14)29(26,27)24-15-8-11-18-17(12-15)22-20(28-18)23-19(25)13-4-2-1-3-5-13/h6-13,24H,1-5H2,(H,22,23,25). The van der Waals surface area contributed by atoms with Crippen molar-refractivity contribution in [2.75, 3.05) is 10.0 Å². The molecule has 0 radical (unpaired) electrons. The van der Waals surface area contributed by atoms with Gasteiger partial charge in [-0.05, 0) is 55.3 Å². The fourth-order valence-electron chi connectivity index (χ4n) is 3.44. The van der Waals surface area contributed by atoms with Crippen LogP contribution in [0.15, 0.2) is 47.4 Å². The number of amides is 1. The molecule has 0 saturated heterocycles. The summed E-state index contributed by atoms with van der Waals surface area (Å²) in [6.07, 6.45) is 5.23. The molecule has 6 nitrogen and oxygen atoms in total. The van der Waals surface area contributed by atoms with Gasteiger partial charge in [0.05, 0.1) is 20.8 Å². The van der Waals surface area contributed by atoms with Gasteiger partial charge >= 0.3 is 0 Å². The minimum atomic E-state index is -3.73. The van der Waals surface area contributed by atoms with Crippen LogP contribution in [0.5, 0.6) is 0 Å². The van der Waals surface area contributed by atoms with E-state index < -0.39 is 10.0 Å². The largest absolute Gasteiger partial charge is 0.302 e. The number of hydrogen-bond donors (Lipinski definition) is 2. The van der Waals surface area contributed by atoms with Crippen molar-refractivity contribution < 1.29 is 13.2 Å². The highest BCUT2D eigenvalue weighted by molar-refractivity contribution is 7.92. The molecule has 1 aliphatic carbocycles. The summed E-state index contributed by atoms with van der Waals surface area (Å²) in [5.41, 5.74) is 1.04. The number of carbonyl (C=O) groups excluding carboxylic acids is 1. The van der Waals surface area contributed by atoms with Crippen LogP contribution in [0.2, 0.25) is 5.02 Å². The van der Waals surface area contributed by atoms with Crippen LogP contribution in [0, 0.1) is 5.92 Å². The molecule has 1 aromatic heterocycles. The van der Waals surface area contributed by atoms with Crippen LogP contribution >= 0.6 is 22.9 Å². The molecule has 1 aliphatic rings. The second kappa shape index (κ2) is 8.30. The maximum Gasteiger partial charge on any atom is 0.261 e. The highest BCUT2D eigenvalue weighted by Crippen LogP contribution is 2.31. The van der Waals surface area contributed by atoms with E-state index >= 15 is 0 Å². The molecule has 1 saturated carbocycles. The second-order valence-electron chi connectivity index (χ2n) is 7.09. The maximum atomic E-state index is 12.5. The Balaban J connectivity index is 1.50. The summed E-state index contributed by atoms with van der Waals surface area (Å²) in [6.45, 7) is 0. The van der Waals surface area contributed by atoms with Crippen molar-refractivity contribution >= 4 is 59.9 Å². The van der Waals surface area contributed by atoms with Crippen molar-refractivity contribution in [1.82, 2.24) is 4.98 Å². The SMILES string of the molecule is O=C(Nc1nc2cc(NS(=O)(=O)c3ccc(Cl)cc3)ccc2s1)C1CCCCC1. The Kier molecular flexibility index (Phi) is 5.76. The van der Waals surface area contributed by atoms with Gasteiger partial charge in [-0.15, -0.1) is 0 Å². The molecule has 0 atom stereocenters. The van der Waals surface area contributed by atoms with E-state index in [2.05, 4.69) is 15.0 Å². The van der Waals surface area contributed by atoms with Gasteiger partial charge in [0.15, 0.2) is 5.13 Å². The number of halogens is 1. The van der Waals surface area contributed by atoms with Gasteiger partial charge in [0.25, 0.3) is 10.0 Å². The Morgan fingerprint density at radius 3 is 2.52 bits per heavy atom. The Labute approximate surface area is 178 Å². The van der Waals surface area contributed by atoms with Crippen LogP contribution in [0.25, 0.3) is 10.2 Å². The molecule has 4 rings (SSSR count). The molecule has 2 N–H and O–H groups in total. The lowest BCUT2D eigenvalue weighted by Crippen LogP contribution is -2.24. The van der Waals surface area contributed by atoms with Crippen LogP contribution in [-0.4, -0.2) is 19.3 Å². The van der Waals surface area contributed by atoms with Crippen LogP contribution in [-0.2, 0) is 14.8 Å². The number of nitrogens with zero attached hydrogens (tertiary/aromatic N) is 1. The average molecular weight is 450 g/mol. The molecule has 0 aliphatic heterocycles. The van der Waals surface area contributed by atoms with E-state index in [4.69, 9.17) is 11.6 Å². The van der Waals surface area contributed by atoms with Crippen molar-refractivity contribution in [3.8, 4) is 0 Å². The monoisotopic (exact) mass is 449 g/mol. The fraction of sp³-hybridized carbons (Fsp3) is 0.300. The third-order valence-corrected chi connectivity index (χ3v) is 7.57. The minimum Gasteiger partial charge on any atom is -0.302 e. The zero-order valence-corrected chi connectivity index (χ0v) is 17.9. The molecule has 1 heterocycles. The first-order valence-corrected chi connectivity index (χ1v) is 12.1. The topological polar surface area (TPSA) is 88.2 Å². The van der Waals surface area contributed by atoms with E-state index in [9.17, 15) is 13.2 Å². The van der Waals surface area contributed by atoms with Gasteiger partial charge in [-0.25, -0.2) is 13.4 Å². The maximum absolute atomic E-state index is 12.5.